The Labute approximate surface area is 128 Å². The van der Waals surface area contributed by atoms with Crippen molar-refractivity contribution < 1.29 is 19.8 Å². The van der Waals surface area contributed by atoms with Gasteiger partial charge in [0.25, 0.3) is 0 Å². The molecule has 2 fully saturated rings. The van der Waals surface area contributed by atoms with E-state index in [0.29, 0.717) is 0 Å². The van der Waals surface area contributed by atoms with Crippen molar-refractivity contribution in [2.24, 2.45) is 11.8 Å². The molecular formula is C15H21N3O4. The smallest absolute Gasteiger partial charge is 0.352 e. The maximum Gasteiger partial charge on any atom is 0.352 e. The molecule has 120 valence electrons. The van der Waals surface area contributed by atoms with Crippen molar-refractivity contribution in [1.29, 1.82) is 5.41 Å². The van der Waals surface area contributed by atoms with E-state index >= 15 is 0 Å². The molecule has 0 bridgehead atoms. The van der Waals surface area contributed by atoms with E-state index in [1.807, 2.05) is 0 Å². The maximum atomic E-state index is 12.3. The lowest BCUT2D eigenvalue weighted by atomic mass is 9.71. The topological polar surface area (TPSA) is 105 Å². The third-order valence-electron chi connectivity index (χ3n) is 5.28. The fourth-order valence-corrected chi connectivity index (χ4v) is 4.37. The number of carboxylic acid groups (broad SMARTS) is 1. The number of carbonyl (C=O) groups excluding carboxylic acids is 1. The Morgan fingerprint density at radius 1 is 1.50 bits per heavy atom. The molecule has 0 unspecified atom stereocenters. The molecule has 2 heterocycles. The van der Waals surface area contributed by atoms with Crippen molar-refractivity contribution >= 4 is 18.2 Å². The number of aliphatic hydroxyl groups excluding tert-OH is 1. The Hall–Kier alpha value is -1.89. The van der Waals surface area contributed by atoms with Gasteiger partial charge in [-0.2, -0.15) is 0 Å². The molecule has 1 aliphatic carbocycles. The third kappa shape index (κ3) is 1.81. The van der Waals surface area contributed by atoms with E-state index in [-0.39, 0.29) is 29.6 Å². The van der Waals surface area contributed by atoms with Gasteiger partial charge in [-0.05, 0) is 25.3 Å². The first kappa shape index (κ1) is 15.0. The van der Waals surface area contributed by atoms with Crippen molar-refractivity contribution in [2.75, 3.05) is 7.05 Å². The van der Waals surface area contributed by atoms with Gasteiger partial charge >= 0.3 is 5.97 Å². The zero-order valence-corrected chi connectivity index (χ0v) is 12.7. The Balaban J connectivity index is 2.06. The van der Waals surface area contributed by atoms with Crippen LogP contribution in [0, 0.1) is 17.2 Å². The van der Waals surface area contributed by atoms with E-state index in [2.05, 4.69) is 0 Å². The number of aliphatic hydroxyl groups is 1. The minimum Gasteiger partial charge on any atom is -0.477 e. The van der Waals surface area contributed by atoms with E-state index in [9.17, 15) is 19.8 Å². The number of fused-ring (bicyclic) bond motifs is 3. The van der Waals surface area contributed by atoms with Gasteiger partial charge in [0, 0.05) is 13.0 Å². The van der Waals surface area contributed by atoms with Gasteiger partial charge in [0.2, 0.25) is 5.91 Å². The third-order valence-corrected chi connectivity index (χ3v) is 5.28. The molecule has 3 aliphatic rings. The van der Waals surface area contributed by atoms with Gasteiger partial charge in [0.1, 0.15) is 5.70 Å². The summed E-state index contributed by atoms with van der Waals surface area (Å²) < 4.78 is 0. The fourth-order valence-electron chi connectivity index (χ4n) is 4.37. The van der Waals surface area contributed by atoms with E-state index in [1.54, 1.807) is 18.9 Å². The van der Waals surface area contributed by atoms with Crippen molar-refractivity contribution in [3.63, 3.8) is 0 Å². The molecule has 0 radical (unpaired) electrons. The van der Waals surface area contributed by atoms with Gasteiger partial charge in [0.05, 0.1) is 30.4 Å². The molecule has 22 heavy (non-hydrogen) atoms. The molecule has 0 spiro atoms. The van der Waals surface area contributed by atoms with Crippen LogP contribution < -0.4 is 0 Å². The van der Waals surface area contributed by atoms with Crippen molar-refractivity contribution in [3.05, 3.63) is 11.3 Å². The van der Waals surface area contributed by atoms with Crippen LogP contribution in [0.3, 0.4) is 0 Å². The lowest BCUT2D eigenvalue weighted by molar-refractivity contribution is -0.163. The van der Waals surface area contributed by atoms with Crippen LogP contribution in [0.2, 0.25) is 0 Å². The van der Waals surface area contributed by atoms with Crippen LogP contribution in [-0.2, 0) is 9.59 Å². The first-order valence-corrected chi connectivity index (χ1v) is 7.61. The first-order valence-electron chi connectivity index (χ1n) is 7.61. The molecule has 2 aliphatic heterocycles. The predicted molar refractivity (Wildman–Crippen MR) is 78.1 cm³/mol. The van der Waals surface area contributed by atoms with Gasteiger partial charge in [-0.3, -0.25) is 10.2 Å². The first-order chi connectivity index (χ1) is 10.4. The number of nitrogens with zero attached hydrogens (tertiary/aromatic N) is 2. The van der Waals surface area contributed by atoms with E-state index in [4.69, 9.17) is 5.41 Å². The molecule has 1 saturated heterocycles. The lowest BCUT2D eigenvalue weighted by Gasteiger charge is -2.47. The van der Waals surface area contributed by atoms with E-state index in [1.165, 1.54) is 11.2 Å². The highest BCUT2D eigenvalue weighted by Crippen LogP contribution is 2.52. The number of carbonyl (C=O) groups is 2. The van der Waals surface area contributed by atoms with Gasteiger partial charge in [-0.1, -0.05) is 6.42 Å². The van der Waals surface area contributed by atoms with Gasteiger partial charge in [-0.25, -0.2) is 4.79 Å². The maximum absolute atomic E-state index is 12.3. The standard InChI is InChI=1S/C15H21N3O4/c1-7(19)10-12-8-4-3-5-9(17(2)6-16)11(8)13(15(21)22)18(12)14(10)20/h6-10,12,16,19H,3-5H2,1-2H3,(H,21,22)/t7-,8-,9+,10-,12-/m1/s1. The summed E-state index contributed by atoms with van der Waals surface area (Å²) in [7, 11) is 1.76. The Morgan fingerprint density at radius 2 is 2.18 bits per heavy atom. The number of nitrogens with one attached hydrogen (secondary N) is 1. The van der Waals surface area contributed by atoms with Crippen LogP contribution in [0.1, 0.15) is 26.2 Å². The number of amides is 1. The van der Waals surface area contributed by atoms with Crippen LogP contribution in [0.15, 0.2) is 11.3 Å². The van der Waals surface area contributed by atoms with Crippen molar-refractivity contribution in [3.8, 4) is 0 Å². The number of rotatable bonds is 4. The Morgan fingerprint density at radius 3 is 2.73 bits per heavy atom. The number of β-lactam (4-membered cyclic amide) rings is 1. The summed E-state index contributed by atoms with van der Waals surface area (Å²) in [5, 5.41) is 26.9. The number of hydrogen-bond donors (Lipinski definition) is 3. The predicted octanol–water partition coefficient (Wildman–Crippen LogP) is 0.254. The van der Waals surface area contributed by atoms with Crippen LogP contribution in [0.4, 0.5) is 0 Å². The number of carboxylic acids is 1. The van der Waals surface area contributed by atoms with E-state index < -0.39 is 18.0 Å². The molecule has 3 N–H and O–H groups in total. The van der Waals surface area contributed by atoms with Gasteiger partial charge < -0.3 is 20.0 Å². The molecule has 7 nitrogen and oxygen atoms in total. The molecule has 0 aromatic rings. The summed E-state index contributed by atoms with van der Waals surface area (Å²) in [6, 6.07) is -0.397. The van der Waals surface area contributed by atoms with Crippen molar-refractivity contribution in [2.45, 2.75) is 44.4 Å². The summed E-state index contributed by atoms with van der Waals surface area (Å²) in [5.41, 5.74) is 0.835. The number of hydrogen-bond acceptors (Lipinski definition) is 4. The fraction of sp³-hybridized carbons (Fsp3) is 0.667. The zero-order chi connectivity index (χ0) is 16.2. The highest BCUT2D eigenvalue weighted by atomic mass is 16.4. The van der Waals surface area contributed by atoms with Crippen LogP contribution >= 0.6 is 0 Å². The lowest BCUT2D eigenvalue weighted by Crippen LogP contribution is -2.64. The molecule has 7 heteroatoms. The summed E-state index contributed by atoms with van der Waals surface area (Å²) in [4.78, 5) is 27.1. The summed E-state index contributed by atoms with van der Waals surface area (Å²) in [6.45, 7) is 1.59. The Kier molecular flexibility index (Phi) is 3.47. The number of aliphatic carboxylic acids is 1. The molecule has 1 amide bonds. The van der Waals surface area contributed by atoms with Crippen LogP contribution in [0.25, 0.3) is 0 Å². The summed E-state index contributed by atoms with van der Waals surface area (Å²) in [5.74, 6) is -1.92. The normalized spacial score (nSPS) is 34.7. The quantitative estimate of drug-likeness (QED) is 0.392. The van der Waals surface area contributed by atoms with Crippen molar-refractivity contribution in [1.82, 2.24) is 9.80 Å². The highest BCUT2D eigenvalue weighted by Gasteiger charge is 2.62. The minimum absolute atomic E-state index is 0.0236. The second kappa shape index (κ2) is 5.08. The average Bonchev–Trinajstić information content (AvgIpc) is 2.76. The number of likely N-dealkylation sites (N-methyl/N-ethyl adjacent to an activating group) is 1. The molecule has 5 atom stereocenters. The van der Waals surface area contributed by atoms with Crippen LogP contribution in [0.5, 0.6) is 0 Å². The second-order valence-electron chi connectivity index (χ2n) is 6.42. The molecule has 0 aromatic heterocycles. The van der Waals surface area contributed by atoms with Gasteiger partial charge in [0.15, 0.2) is 0 Å². The SMILES string of the molecule is C[C@@H](O)[C@H]1C(=O)N2C(C(=O)O)=C3[C@@H](CCC[C@@H]3N(C)C=N)[C@H]12. The van der Waals surface area contributed by atoms with E-state index in [0.717, 1.165) is 24.8 Å². The molecule has 1 saturated carbocycles. The average molecular weight is 307 g/mol. The largest absolute Gasteiger partial charge is 0.477 e. The molecule has 3 rings (SSSR count). The van der Waals surface area contributed by atoms with Crippen LogP contribution in [-0.4, -0.2) is 63.5 Å². The zero-order valence-electron chi connectivity index (χ0n) is 12.7. The molecule has 0 aromatic carbocycles. The Bertz CT molecular complexity index is 571. The van der Waals surface area contributed by atoms with Gasteiger partial charge in [-0.15, -0.1) is 0 Å². The highest BCUT2D eigenvalue weighted by molar-refractivity contribution is 6.00. The summed E-state index contributed by atoms with van der Waals surface area (Å²) >= 11 is 0. The summed E-state index contributed by atoms with van der Waals surface area (Å²) in [6.07, 6.45) is 2.95. The monoisotopic (exact) mass is 307 g/mol. The minimum atomic E-state index is -1.09. The second-order valence-corrected chi connectivity index (χ2v) is 6.42. The molecular weight excluding hydrogens is 286 g/mol.